The van der Waals surface area contributed by atoms with Crippen LogP contribution in [-0.2, 0) is 11.3 Å². The summed E-state index contributed by atoms with van der Waals surface area (Å²) in [5.74, 6) is 1.31. The molecule has 0 aliphatic carbocycles. The maximum Gasteiger partial charge on any atom is 0.243 e. The minimum Gasteiger partial charge on any atom is -0.494 e. The van der Waals surface area contributed by atoms with Gasteiger partial charge in [-0.25, -0.2) is 4.99 Å². The van der Waals surface area contributed by atoms with Crippen molar-refractivity contribution >= 4 is 41.5 Å². The summed E-state index contributed by atoms with van der Waals surface area (Å²) in [5.41, 5.74) is 2.93. The van der Waals surface area contributed by atoms with Crippen LogP contribution in [0.1, 0.15) is 25.0 Å². The summed E-state index contributed by atoms with van der Waals surface area (Å²) in [6.45, 7) is 7.90. The number of nitrogens with one attached hydrogen (secondary N) is 3. The van der Waals surface area contributed by atoms with E-state index in [1.165, 1.54) is 0 Å². The lowest BCUT2D eigenvalue weighted by Gasteiger charge is -2.13. The van der Waals surface area contributed by atoms with Crippen LogP contribution in [0.4, 0.5) is 5.69 Å². The summed E-state index contributed by atoms with van der Waals surface area (Å²) in [4.78, 5) is 16.7. The van der Waals surface area contributed by atoms with Crippen molar-refractivity contribution in [2.45, 2.75) is 27.3 Å². The Morgan fingerprint density at radius 3 is 2.50 bits per heavy atom. The van der Waals surface area contributed by atoms with E-state index in [2.05, 4.69) is 20.9 Å². The molecule has 2 rings (SSSR count). The number of nitrogens with zero attached hydrogens (tertiary/aromatic N) is 1. The summed E-state index contributed by atoms with van der Waals surface area (Å²) < 4.78 is 5.70. The van der Waals surface area contributed by atoms with Crippen molar-refractivity contribution in [2.75, 3.05) is 25.0 Å². The third kappa shape index (κ3) is 8.16. The molecular formula is C21H29IN4O2. The molecule has 0 spiro atoms. The molecule has 3 N–H and O–H groups in total. The molecule has 2 aromatic carbocycles. The maximum atomic E-state index is 12.1. The van der Waals surface area contributed by atoms with E-state index in [0.29, 0.717) is 25.7 Å². The molecule has 0 radical (unpaired) electrons. The van der Waals surface area contributed by atoms with Crippen LogP contribution in [0.5, 0.6) is 5.75 Å². The highest BCUT2D eigenvalue weighted by Gasteiger charge is 2.06. The van der Waals surface area contributed by atoms with Gasteiger partial charge in [0.25, 0.3) is 0 Å². The van der Waals surface area contributed by atoms with Gasteiger partial charge in [-0.3, -0.25) is 4.79 Å². The average Bonchev–Trinajstić information content (AvgIpc) is 2.66. The van der Waals surface area contributed by atoms with Crippen LogP contribution in [0.25, 0.3) is 0 Å². The highest BCUT2D eigenvalue weighted by atomic mass is 127. The number of hydrogen-bond acceptors (Lipinski definition) is 3. The number of carbonyl (C=O) groups is 1. The van der Waals surface area contributed by atoms with E-state index in [4.69, 9.17) is 4.74 Å². The molecule has 152 valence electrons. The highest BCUT2D eigenvalue weighted by Crippen LogP contribution is 2.21. The Kier molecular flexibility index (Phi) is 11.0. The van der Waals surface area contributed by atoms with E-state index in [1.54, 1.807) is 0 Å². The summed E-state index contributed by atoms with van der Waals surface area (Å²) >= 11 is 0. The van der Waals surface area contributed by atoms with Crippen molar-refractivity contribution in [3.8, 4) is 5.75 Å². The number of hydrogen-bond donors (Lipinski definition) is 3. The van der Waals surface area contributed by atoms with Crippen molar-refractivity contribution in [1.29, 1.82) is 0 Å². The first-order chi connectivity index (χ1) is 13.1. The first kappa shape index (κ1) is 23.7. The normalized spacial score (nSPS) is 10.6. The number of benzene rings is 2. The molecule has 0 atom stereocenters. The first-order valence-corrected chi connectivity index (χ1v) is 9.21. The molecule has 7 heteroatoms. The average molecular weight is 496 g/mol. The van der Waals surface area contributed by atoms with Gasteiger partial charge in [-0.1, -0.05) is 30.3 Å². The minimum atomic E-state index is -0.128. The van der Waals surface area contributed by atoms with Gasteiger partial charge >= 0.3 is 0 Å². The second-order valence-corrected chi connectivity index (χ2v) is 6.01. The number of aliphatic imine (C=N–C) groups is 1. The summed E-state index contributed by atoms with van der Waals surface area (Å²) in [6.07, 6.45) is 0. The van der Waals surface area contributed by atoms with Gasteiger partial charge in [0, 0.05) is 17.8 Å². The van der Waals surface area contributed by atoms with E-state index in [1.807, 2.05) is 69.3 Å². The molecule has 6 nitrogen and oxygen atoms in total. The quantitative estimate of drug-likeness (QED) is 0.296. The molecule has 0 aromatic heterocycles. The topological polar surface area (TPSA) is 74.8 Å². The number of anilines is 1. The van der Waals surface area contributed by atoms with Crippen LogP contribution in [0.3, 0.4) is 0 Å². The van der Waals surface area contributed by atoms with Crippen molar-refractivity contribution in [1.82, 2.24) is 10.6 Å². The largest absolute Gasteiger partial charge is 0.494 e. The zero-order chi connectivity index (χ0) is 19.5. The number of halogens is 1. The maximum absolute atomic E-state index is 12.1. The molecule has 2 aromatic rings. The number of para-hydroxylation sites is 1. The lowest BCUT2D eigenvalue weighted by Crippen LogP contribution is -2.41. The van der Waals surface area contributed by atoms with Gasteiger partial charge in [0.2, 0.25) is 5.91 Å². The van der Waals surface area contributed by atoms with Gasteiger partial charge in [0.05, 0.1) is 19.7 Å². The Labute approximate surface area is 184 Å². The monoisotopic (exact) mass is 496 g/mol. The Morgan fingerprint density at radius 2 is 1.82 bits per heavy atom. The van der Waals surface area contributed by atoms with Gasteiger partial charge in [-0.05, 0) is 44.5 Å². The second-order valence-electron chi connectivity index (χ2n) is 6.01. The molecule has 0 heterocycles. The lowest BCUT2D eigenvalue weighted by molar-refractivity contribution is -0.115. The molecular weight excluding hydrogens is 467 g/mol. The van der Waals surface area contributed by atoms with Crippen LogP contribution < -0.4 is 20.7 Å². The SMILES string of the molecule is CCNC(=NCc1ccc(C)cc1OCC)NCC(=O)Nc1ccccc1.I. The van der Waals surface area contributed by atoms with Gasteiger partial charge in [-0.2, -0.15) is 0 Å². The van der Waals surface area contributed by atoms with E-state index >= 15 is 0 Å². The fourth-order valence-corrected chi connectivity index (χ4v) is 2.48. The van der Waals surface area contributed by atoms with Gasteiger partial charge in [0.1, 0.15) is 5.75 Å². The lowest BCUT2D eigenvalue weighted by atomic mass is 10.1. The summed E-state index contributed by atoms with van der Waals surface area (Å²) in [7, 11) is 0. The standard InChI is InChI=1S/C21H28N4O2.HI/c1-4-22-21(24-15-20(26)25-18-9-7-6-8-10-18)23-14-17-12-11-16(3)13-19(17)27-5-2;/h6-13H,4-5,14-15H2,1-3H3,(H,25,26)(H2,22,23,24);1H. The summed E-state index contributed by atoms with van der Waals surface area (Å²) in [6, 6.07) is 15.5. The van der Waals surface area contributed by atoms with Crippen molar-refractivity contribution < 1.29 is 9.53 Å². The minimum absolute atomic E-state index is 0. The van der Waals surface area contributed by atoms with Crippen LogP contribution in [0.2, 0.25) is 0 Å². The van der Waals surface area contributed by atoms with Crippen LogP contribution in [-0.4, -0.2) is 31.6 Å². The van der Waals surface area contributed by atoms with E-state index in [9.17, 15) is 4.79 Å². The van der Waals surface area contributed by atoms with Crippen molar-refractivity contribution in [3.63, 3.8) is 0 Å². The Morgan fingerprint density at radius 1 is 1.07 bits per heavy atom. The molecule has 0 unspecified atom stereocenters. The molecule has 0 saturated heterocycles. The zero-order valence-corrected chi connectivity index (χ0v) is 18.9. The van der Waals surface area contributed by atoms with E-state index in [0.717, 1.165) is 22.6 Å². The Bertz CT molecular complexity index is 766. The zero-order valence-electron chi connectivity index (χ0n) is 16.6. The van der Waals surface area contributed by atoms with Crippen molar-refractivity contribution in [3.05, 3.63) is 59.7 Å². The second kappa shape index (κ2) is 13.0. The molecule has 0 bridgehead atoms. The number of carbonyl (C=O) groups excluding carboxylic acids is 1. The molecule has 28 heavy (non-hydrogen) atoms. The number of ether oxygens (including phenoxy) is 1. The van der Waals surface area contributed by atoms with Gasteiger partial charge in [0.15, 0.2) is 5.96 Å². The van der Waals surface area contributed by atoms with E-state index < -0.39 is 0 Å². The number of aryl methyl sites for hydroxylation is 1. The van der Waals surface area contributed by atoms with Crippen LogP contribution in [0, 0.1) is 6.92 Å². The fourth-order valence-electron chi connectivity index (χ4n) is 2.48. The van der Waals surface area contributed by atoms with Crippen molar-refractivity contribution in [2.24, 2.45) is 4.99 Å². The Hall–Kier alpha value is -2.29. The first-order valence-electron chi connectivity index (χ1n) is 9.21. The molecule has 0 aliphatic heterocycles. The number of rotatable bonds is 8. The van der Waals surface area contributed by atoms with E-state index in [-0.39, 0.29) is 36.4 Å². The predicted octanol–water partition coefficient (Wildman–Crippen LogP) is 3.71. The van der Waals surface area contributed by atoms with Gasteiger partial charge < -0.3 is 20.7 Å². The van der Waals surface area contributed by atoms with Crippen LogP contribution in [0.15, 0.2) is 53.5 Å². The summed E-state index contributed by atoms with van der Waals surface area (Å²) in [5, 5.41) is 9.05. The smallest absolute Gasteiger partial charge is 0.243 e. The molecule has 0 fully saturated rings. The Balaban J connectivity index is 0.00000392. The molecule has 1 amide bonds. The highest BCUT2D eigenvalue weighted by molar-refractivity contribution is 14.0. The fraction of sp³-hybridized carbons (Fsp3) is 0.333. The molecule has 0 aliphatic rings. The molecule has 0 saturated carbocycles. The third-order valence-electron chi connectivity index (χ3n) is 3.75. The predicted molar refractivity (Wildman–Crippen MR) is 126 cm³/mol. The number of guanidine groups is 1. The van der Waals surface area contributed by atoms with Crippen LogP contribution >= 0.6 is 24.0 Å². The number of amides is 1. The third-order valence-corrected chi connectivity index (χ3v) is 3.75. The van der Waals surface area contributed by atoms with Gasteiger partial charge in [-0.15, -0.1) is 24.0 Å².